The number of hydrogen-bond acceptors (Lipinski definition) is 4. The molecule has 118 valence electrons. The van der Waals surface area contributed by atoms with E-state index in [0.717, 1.165) is 16.9 Å². The average Bonchev–Trinajstić information content (AvgIpc) is 3.04. The Labute approximate surface area is 135 Å². The van der Waals surface area contributed by atoms with E-state index in [9.17, 15) is 8.42 Å². The Bertz CT molecular complexity index is 948. The van der Waals surface area contributed by atoms with E-state index in [1.54, 1.807) is 18.2 Å². The molecule has 0 spiro atoms. The summed E-state index contributed by atoms with van der Waals surface area (Å²) in [5.74, 6) is 1.26. The highest BCUT2D eigenvalue weighted by Gasteiger charge is 2.33. The quantitative estimate of drug-likeness (QED) is 0.874. The maximum atomic E-state index is 12.2. The molecule has 23 heavy (non-hydrogen) atoms. The molecule has 0 bridgehead atoms. The number of nitrogens with zero attached hydrogens (tertiary/aromatic N) is 1. The first kappa shape index (κ1) is 14.3. The fraction of sp³-hybridized carbons (Fsp3) is 0.235. The highest BCUT2D eigenvalue weighted by Crippen LogP contribution is 2.39. The van der Waals surface area contributed by atoms with Crippen molar-refractivity contribution in [2.75, 3.05) is 6.61 Å². The minimum Gasteiger partial charge on any atom is -0.490 e. The van der Waals surface area contributed by atoms with Crippen molar-refractivity contribution in [1.29, 1.82) is 0 Å². The van der Waals surface area contributed by atoms with E-state index in [4.69, 9.17) is 4.74 Å². The molecule has 0 amide bonds. The van der Waals surface area contributed by atoms with Crippen molar-refractivity contribution < 1.29 is 13.2 Å². The Hall–Kier alpha value is -2.34. The van der Waals surface area contributed by atoms with E-state index in [1.165, 1.54) is 5.56 Å². The Morgan fingerprint density at radius 2 is 1.96 bits per heavy atom. The molecule has 2 aromatic rings. The van der Waals surface area contributed by atoms with Gasteiger partial charge in [0.25, 0.3) is 10.0 Å². The highest BCUT2D eigenvalue weighted by atomic mass is 32.2. The van der Waals surface area contributed by atoms with Crippen molar-refractivity contribution in [3.8, 4) is 5.75 Å². The lowest BCUT2D eigenvalue weighted by Crippen LogP contribution is -2.23. The van der Waals surface area contributed by atoms with E-state index in [0.29, 0.717) is 18.0 Å². The van der Waals surface area contributed by atoms with Gasteiger partial charge in [0, 0.05) is 11.1 Å². The van der Waals surface area contributed by atoms with E-state index in [2.05, 4.69) is 9.71 Å². The number of ether oxygens (including phenoxy) is 1. The molecule has 1 N–H and O–H groups in total. The van der Waals surface area contributed by atoms with Crippen LogP contribution in [0, 0.1) is 13.8 Å². The standard InChI is InChI=1S/C17H16N2O3S/c1-10-7-8-12-14(9-22-16(12)11(10)2)18-17-13-5-3-4-6-15(13)23(20,21)19-17/h3-8,14H,9H2,1-2H3,(H,18,19). The molecule has 0 saturated heterocycles. The number of nitrogens with one attached hydrogen (secondary N) is 1. The van der Waals surface area contributed by atoms with Gasteiger partial charge in [0.15, 0.2) is 0 Å². The summed E-state index contributed by atoms with van der Waals surface area (Å²) >= 11 is 0. The predicted molar refractivity (Wildman–Crippen MR) is 87.5 cm³/mol. The van der Waals surface area contributed by atoms with Crippen LogP contribution in [0.15, 0.2) is 46.3 Å². The van der Waals surface area contributed by atoms with Crippen LogP contribution in [-0.2, 0) is 10.0 Å². The molecule has 1 atom stereocenters. The van der Waals surface area contributed by atoms with E-state index in [1.807, 2.05) is 32.0 Å². The van der Waals surface area contributed by atoms with Crippen molar-refractivity contribution in [3.63, 3.8) is 0 Å². The lowest BCUT2D eigenvalue weighted by Gasteiger charge is -2.07. The first-order valence-electron chi connectivity index (χ1n) is 7.40. The van der Waals surface area contributed by atoms with Crippen LogP contribution in [0.5, 0.6) is 5.75 Å². The molecule has 0 fully saturated rings. The molecule has 6 heteroatoms. The molecule has 2 aliphatic heterocycles. The van der Waals surface area contributed by atoms with Crippen molar-refractivity contribution in [2.45, 2.75) is 24.8 Å². The lowest BCUT2D eigenvalue weighted by atomic mass is 10.0. The van der Waals surface area contributed by atoms with Crippen LogP contribution in [0.1, 0.15) is 28.3 Å². The van der Waals surface area contributed by atoms with E-state index < -0.39 is 10.0 Å². The summed E-state index contributed by atoms with van der Waals surface area (Å²) in [5, 5.41) is 0. The smallest absolute Gasteiger partial charge is 0.263 e. The minimum atomic E-state index is -3.51. The second kappa shape index (κ2) is 4.83. The number of aryl methyl sites for hydroxylation is 1. The molecule has 2 aromatic carbocycles. The number of fused-ring (bicyclic) bond motifs is 2. The molecule has 0 radical (unpaired) electrons. The molecule has 2 heterocycles. The third kappa shape index (κ3) is 2.13. The van der Waals surface area contributed by atoms with Gasteiger partial charge in [-0.3, -0.25) is 9.71 Å². The van der Waals surface area contributed by atoms with Gasteiger partial charge in [-0.15, -0.1) is 0 Å². The van der Waals surface area contributed by atoms with Crippen LogP contribution in [0.4, 0.5) is 0 Å². The van der Waals surface area contributed by atoms with Gasteiger partial charge in [0.1, 0.15) is 24.2 Å². The predicted octanol–water partition coefficient (Wildman–Crippen LogP) is 2.48. The zero-order chi connectivity index (χ0) is 16.2. The van der Waals surface area contributed by atoms with Crippen molar-refractivity contribution in [1.82, 2.24) is 4.72 Å². The van der Waals surface area contributed by atoms with E-state index in [-0.39, 0.29) is 10.9 Å². The van der Waals surface area contributed by atoms with Crippen LogP contribution in [-0.4, -0.2) is 20.9 Å². The van der Waals surface area contributed by atoms with Gasteiger partial charge in [-0.2, -0.15) is 0 Å². The summed E-state index contributed by atoms with van der Waals surface area (Å²) in [6.45, 7) is 4.49. The molecular weight excluding hydrogens is 312 g/mol. The van der Waals surface area contributed by atoms with Gasteiger partial charge in [-0.1, -0.05) is 24.3 Å². The molecule has 2 aliphatic rings. The van der Waals surface area contributed by atoms with Crippen LogP contribution in [0.3, 0.4) is 0 Å². The van der Waals surface area contributed by atoms with Crippen LogP contribution in [0.2, 0.25) is 0 Å². The van der Waals surface area contributed by atoms with Gasteiger partial charge in [-0.05, 0) is 37.1 Å². The van der Waals surface area contributed by atoms with Gasteiger partial charge >= 0.3 is 0 Å². The summed E-state index contributed by atoms with van der Waals surface area (Å²) in [5.41, 5.74) is 3.90. The fourth-order valence-electron chi connectivity index (χ4n) is 3.01. The Kier molecular flexibility index (Phi) is 2.99. The second-order valence-electron chi connectivity index (χ2n) is 5.83. The number of amidine groups is 1. The Morgan fingerprint density at radius 3 is 2.78 bits per heavy atom. The first-order valence-corrected chi connectivity index (χ1v) is 8.88. The van der Waals surface area contributed by atoms with Crippen LogP contribution < -0.4 is 9.46 Å². The molecule has 5 nitrogen and oxygen atoms in total. The molecule has 0 aliphatic carbocycles. The van der Waals surface area contributed by atoms with Gasteiger partial charge in [0.05, 0.1) is 4.90 Å². The Morgan fingerprint density at radius 1 is 1.17 bits per heavy atom. The zero-order valence-corrected chi connectivity index (χ0v) is 13.6. The van der Waals surface area contributed by atoms with Crippen molar-refractivity contribution in [2.24, 2.45) is 4.99 Å². The van der Waals surface area contributed by atoms with Gasteiger partial charge in [0.2, 0.25) is 0 Å². The summed E-state index contributed by atoms with van der Waals surface area (Å²) in [6.07, 6.45) is 0. The first-order chi connectivity index (χ1) is 11.0. The van der Waals surface area contributed by atoms with Crippen molar-refractivity contribution in [3.05, 3.63) is 58.7 Å². The molecule has 0 aromatic heterocycles. The zero-order valence-electron chi connectivity index (χ0n) is 12.8. The van der Waals surface area contributed by atoms with Gasteiger partial charge in [-0.25, -0.2) is 8.42 Å². The number of hydrogen-bond donors (Lipinski definition) is 1. The normalized spacial score (nSPS) is 22.3. The van der Waals surface area contributed by atoms with Crippen molar-refractivity contribution >= 4 is 15.9 Å². The molecule has 0 saturated carbocycles. The van der Waals surface area contributed by atoms with Crippen LogP contribution in [0.25, 0.3) is 0 Å². The Balaban J connectivity index is 1.79. The van der Waals surface area contributed by atoms with Gasteiger partial charge < -0.3 is 4.74 Å². The largest absolute Gasteiger partial charge is 0.490 e. The summed E-state index contributed by atoms with van der Waals surface area (Å²) in [6, 6.07) is 10.7. The molecule has 1 unspecified atom stereocenters. The summed E-state index contributed by atoms with van der Waals surface area (Å²) in [7, 11) is -3.51. The summed E-state index contributed by atoms with van der Waals surface area (Å²) in [4.78, 5) is 4.90. The third-order valence-corrected chi connectivity index (χ3v) is 5.80. The maximum Gasteiger partial charge on any atom is 0.263 e. The van der Waals surface area contributed by atoms with Crippen LogP contribution >= 0.6 is 0 Å². The number of aliphatic imine (C=N–C) groups is 1. The number of sulfonamides is 1. The maximum absolute atomic E-state index is 12.2. The molecular formula is C17H16N2O3S. The lowest BCUT2D eigenvalue weighted by molar-refractivity contribution is 0.332. The highest BCUT2D eigenvalue weighted by molar-refractivity contribution is 7.90. The second-order valence-corrected chi connectivity index (χ2v) is 7.48. The topological polar surface area (TPSA) is 67.8 Å². The number of rotatable bonds is 1. The fourth-order valence-corrected chi connectivity index (χ4v) is 4.25. The third-order valence-electron chi connectivity index (χ3n) is 4.40. The minimum absolute atomic E-state index is 0.201. The monoisotopic (exact) mass is 328 g/mol. The summed E-state index contributed by atoms with van der Waals surface area (Å²) < 4.78 is 32.7. The molecule has 4 rings (SSSR count). The van der Waals surface area contributed by atoms with E-state index >= 15 is 0 Å². The SMILES string of the molecule is Cc1ccc2c(c1C)OCC2N=C1NS(=O)(=O)c2ccccc21. The number of benzene rings is 2. The average molecular weight is 328 g/mol.